The summed E-state index contributed by atoms with van der Waals surface area (Å²) in [5.74, 6) is 0.676. The lowest BCUT2D eigenvalue weighted by Crippen LogP contribution is -2.58. The van der Waals surface area contributed by atoms with Crippen LogP contribution in [0.15, 0.2) is 0 Å². The van der Waals surface area contributed by atoms with E-state index in [1.54, 1.807) is 0 Å². The summed E-state index contributed by atoms with van der Waals surface area (Å²) in [6.45, 7) is 6.37. The van der Waals surface area contributed by atoms with Gasteiger partial charge in [-0.2, -0.15) is 0 Å². The van der Waals surface area contributed by atoms with E-state index in [-0.39, 0.29) is 5.79 Å². The molecule has 2 saturated heterocycles. The van der Waals surface area contributed by atoms with Crippen LogP contribution in [0, 0.1) is 5.92 Å². The minimum Gasteiger partial charge on any atom is -0.347 e. The number of hydrogen-bond donors (Lipinski definition) is 1. The first-order valence-electron chi connectivity index (χ1n) is 8.45. The van der Waals surface area contributed by atoms with Gasteiger partial charge in [-0.25, -0.2) is 0 Å². The zero-order chi connectivity index (χ0) is 14.0. The van der Waals surface area contributed by atoms with Crippen LogP contribution in [0.3, 0.4) is 0 Å². The molecule has 1 aliphatic carbocycles. The molecule has 0 amide bonds. The van der Waals surface area contributed by atoms with Crippen molar-refractivity contribution in [2.45, 2.75) is 63.3 Å². The van der Waals surface area contributed by atoms with Crippen molar-refractivity contribution in [1.29, 1.82) is 0 Å². The zero-order valence-corrected chi connectivity index (χ0v) is 13.1. The van der Waals surface area contributed by atoms with E-state index in [0.717, 1.165) is 38.4 Å². The van der Waals surface area contributed by atoms with E-state index in [9.17, 15) is 0 Å². The van der Waals surface area contributed by atoms with Gasteiger partial charge in [-0.15, -0.1) is 0 Å². The standard InChI is InChI=1S/C16H30N2O2/c1-3-13-5-8-18(9-6-13)15-12-16(19-10-11-20-16)7-4-14(15)17-2/h13-15,17H,3-12H2,1-2H3. The highest BCUT2D eigenvalue weighted by atomic mass is 16.7. The number of ether oxygens (including phenoxy) is 2. The van der Waals surface area contributed by atoms with Gasteiger partial charge in [0.15, 0.2) is 5.79 Å². The van der Waals surface area contributed by atoms with E-state index < -0.39 is 0 Å². The van der Waals surface area contributed by atoms with Crippen LogP contribution >= 0.6 is 0 Å². The maximum atomic E-state index is 5.96. The van der Waals surface area contributed by atoms with Crippen molar-refractivity contribution in [1.82, 2.24) is 10.2 Å². The molecule has 2 aliphatic heterocycles. The first-order valence-corrected chi connectivity index (χ1v) is 8.45. The molecule has 3 aliphatic rings. The van der Waals surface area contributed by atoms with E-state index in [4.69, 9.17) is 9.47 Å². The van der Waals surface area contributed by atoms with Crippen molar-refractivity contribution in [3.63, 3.8) is 0 Å². The average molecular weight is 282 g/mol. The second-order valence-electron chi connectivity index (χ2n) is 6.70. The van der Waals surface area contributed by atoms with Crippen LogP contribution in [0.2, 0.25) is 0 Å². The topological polar surface area (TPSA) is 33.7 Å². The summed E-state index contributed by atoms with van der Waals surface area (Å²) in [4.78, 5) is 2.69. The van der Waals surface area contributed by atoms with Crippen LogP contribution in [0.5, 0.6) is 0 Å². The van der Waals surface area contributed by atoms with E-state index in [2.05, 4.69) is 24.2 Å². The fourth-order valence-corrected chi connectivity index (χ4v) is 4.30. The summed E-state index contributed by atoms with van der Waals surface area (Å²) in [6.07, 6.45) is 7.30. The van der Waals surface area contributed by atoms with Gasteiger partial charge in [0.05, 0.1) is 13.2 Å². The molecule has 1 spiro atoms. The largest absolute Gasteiger partial charge is 0.347 e. The minimum atomic E-state index is -0.264. The highest BCUT2D eigenvalue weighted by Crippen LogP contribution is 2.38. The number of nitrogens with zero attached hydrogens (tertiary/aromatic N) is 1. The first-order chi connectivity index (χ1) is 9.76. The number of likely N-dealkylation sites (N-methyl/N-ethyl adjacent to an activating group) is 1. The van der Waals surface area contributed by atoms with Crippen LogP contribution in [-0.2, 0) is 9.47 Å². The number of hydrogen-bond acceptors (Lipinski definition) is 4. The highest BCUT2D eigenvalue weighted by molar-refractivity contribution is 4.97. The molecular formula is C16H30N2O2. The normalized spacial score (nSPS) is 35.7. The van der Waals surface area contributed by atoms with E-state index >= 15 is 0 Å². The third kappa shape index (κ3) is 2.89. The van der Waals surface area contributed by atoms with Crippen molar-refractivity contribution in [2.75, 3.05) is 33.4 Å². The molecule has 0 radical (unpaired) electrons. The Balaban J connectivity index is 1.65. The zero-order valence-electron chi connectivity index (χ0n) is 13.1. The lowest BCUT2D eigenvalue weighted by atomic mass is 9.83. The molecule has 1 saturated carbocycles. The average Bonchev–Trinajstić information content (AvgIpc) is 2.95. The molecule has 0 aromatic carbocycles. The Morgan fingerprint density at radius 1 is 1.15 bits per heavy atom. The molecule has 0 bridgehead atoms. The summed E-state index contributed by atoms with van der Waals surface area (Å²) < 4.78 is 11.9. The van der Waals surface area contributed by atoms with Gasteiger partial charge in [-0.3, -0.25) is 4.90 Å². The molecule has 4 nitrogen and oxygen atoms in total. The fourth-order valence-electron chi connectivity index (χ4n) is 4.30. The Hall–Kier alpha value is -0.160. The summed E-state index contributed by atoms with van der Waals surface area (Å²) in [6, 6.07) is 1.16. The number of rotatable bonds is 3. The Bertz CT molecular complexity index is 310. The summed E-state index contributed by atoms with van der Waals surface area (Å²) in [5, 5.41) is 3.53. The van der Waals surface area contributed by atoms with Gasteiger partial charge in [0.1, 0.15) is 0 Å². The summed E-state index contributed by atoms with van der Waals surface area (Å²) in [5.41, 5.74) is 0. The monoisotopic (exact) mass is 282 g/mol. The maximum Gasteiger partial charge on any atom is 0.170 e. The van der Waals surface area contributed by atoms with E-state index in [1.165, 1.54) is 32.4 Å². The first kappa shape index (κ1) is 14.8. The molecule has 2 unspecified atom stereocenters. The SMILES string of the molecule is CCC1CCN(C2CC3(CCC2NC)OCCO3)CC1. The van der Waals surface area contributed by atoms with E-state index in [0.29, 0.717) is 12.1 Å². The molecule has 4 heteroatoms. The van der Waals surface area contributed by atoms with Gasteiger partial charge in [-0.1, -0.05) is 13.3 Å². The van der Waals surface area contributed by atoms with Gasteiger partial charge in [0, 0.05) is 24.9 Å². The smallest absolute Gasteiger partial charge is 0.170 e. The number of likely N-dealkylation sites (tertiary alicyclic amines) is 1. The van der Waals surface area contributed by atoms with Crippen LogP contribution in [0.1, 0.15) is 45.4 Å². The lowest BCUT2D eigenvalue weighted by molar-refractivity contribution is -0.194. The van der Waals surface area contributed by atoms with Crippen LogP contribution in [0.25, 0.3) is 0 Å². The third-order valence-corrected chi connectivity index (χ3v) is 5.70. The maximum absolute atomic E-state index is 5.96. The molecule has 3 rings (SSSR count). The molecular weight excluding hydrogens is 252 g/mol. The van der Waals surface area contributed by atoms with Crippen LogP contribution in [0.4, 0.5) is 0 Å². The molecule has 2 atom stereocenters. The summed E-state index contributed by atoms with van der Waals surface area (Å²) in [7, 11) is 2.10. The summed E-state index contributed by atoms with van der Waals surface area (Å²) >= 11 is 0. The molecule has 1 N–H and O–H groups in total. The molecule has 0 aromatic heterocycles. The van der Waals surface area contributed by atoms with Crippen molar-refractivity contribution < 1.29 is 9.47 Å². The molecule has 116 valence electrons. The fraction of sp³-hybridized carbons (Fsp3) is 1.00. The molecule has 20 heavy (non-hydrogen) atoms. The quantitative estimate of drug-likeness (QED) is 0.858. The number of nitrogens with one attached hydrogen (secondary N) is 1. The second kappa shape index (κ2) is 6.30. The van der Waals surface area contributed by atoms with Gasteiger partial charge < -0.3 is 14.8 Å². The van der Waals surface area contributed by atoms with E-state index in [1.807, 2.05) is 0 Å². The Kier molecular flexibility index (Phi) is 4.65. The lowest BCUT2D eigenvalue weighted by Gasteiger charge is -2.47. The predicted molar refractivity (Wildman–Crippen MR) is 79.7 cm³/mol. The second-order valence-corrected chi connectivity index (χ2v) is 6.70. The van der Waals surface area contributed by atoms with Crippen LogP contribution in [-0.4, -0.2) is 56.1 Å². The Morgan fingerprint density at radius 3 is 2.45 bits per heavy atom. The van der Waals surface area contributed by atoms with Crippen molar-refractivity contribution in [2.24, 2.45) is 5.92 Å². The van der Waals surface area contributed by atoms with Gasteiger partial charge in [-0.05, 0) is 45.3 Å². The van der Waals surface area contributed by atoms with Crippen molar-refractivity contribution in [3.05, 3.63) is 0 Å². The van der Waals surface area contributed by atoms with Crippen molar-refractivity contribution >= 4 is 0 Å². The third-order valence-electron chi connectivity index (χ3n) is 5.70. The van der Waals surface area contributed by atoms with Crippen LogP contribution < -0.4 is 5.32 Å². The molecule has 2 heterocycles. The minimum absolute atomic E-state index is 0.264. The predicted octanol–water partition coefficient (Wildman–Crippen LogP) is 1.99. The van der Waals surface area contributed by atoms with Gasteiger partial charge in [0.2, 0.25) is 0 Å². The van der Waals surface area contributed by atoms with Crippen molar-refractivity contribution in [3.8, 4) is 0 Å². The van der Waals surface area contributed by atoms with Gasteiger partial charge >= 0.3 is 0 Å². The highest BCUT2D eigenvalue weighted by Gasteiger charge is 2.46. The number of piperidine rings is 1. The molecule has 0 aromatic rings. The Morgan fingerprint density at radius 2 is 1.85 bits per heavy atom. The Labute approximate surface area is 123 Å². The van der Waals surface area contributed by atoms with Gasteiger partial charge in [0.25, 0.3) is 0 Å². The molecule has 3 fully saturated rings.